The molecule has 0 unspecified atom stereocenters. The van der Waals surface area contributed by atoms with Crippen LogP contribution in [0, 0.1) is 5.92 Å². The number of amides is 1. The molecule has 1 aliphatic heterocycles. The van der Waals surface area contributed by atoms with Crippen molar-refractivity contribution in [1.82, 2.24) is 19.7 Å². The van der Waals surface area contributed by atoms with Gasteiger partial charge < -0.3 is 9.64 Å². The van der Waals surface area contributed by atoms with Crippen LogP contribution in [0.3, 0.4) is 0 Å². The second-order valence-corrected chi connectivity index (χ2v) is 9.69. The summed E-state index contributed by atoms with van der Waals surface area (Å²) in [5.74, 6) is -0.789. The van der Waals surface area contributed by atoms with Gasteiger partial charge in [-0.2, -0.15) is 5.10 Å². The summed E-state index contributed by atoms with van der Waals surface area (Å²) >= 11 is 0. The molecule has 1 amide bonds. The van der Waals surface area contributed by atoms with Gasteiger partial charge in [0.2, 0.25) is 0 Å². The van der Waals surface area contributed by atoms with E-state index in [1.807, 2.05) is 13.8 Å². The molecule has 1 saturated heterocycles. The third-order valence-electron chi connectivity index (χ3n) is 4.64. The van der Waals surface area contributed by atoms with Crippen LogP contribution in [0.1, 0.15) is 30.6 Å². The summed E-state index contributed by atoms with van der Waals surface area (Å²) in [6.45, 7) is 3.90. The zero-order valence-electron chi connectivity index (χ0n) is 16.4. The van der Waals surface area contributed by atoms with Crippen molar-refractivity contribution in [1.29, 1.82) is 0 Å². The molecule has 0 N–H and O–H groups in total. The Morgan fingerprint density at radius 1 is 1.28 bits per heavy atom. The summed E-state index contributed by atoms with van der Waals surface area (Å²) in [7, 11) is -3.12. The molecule has 0 bridgehead atoms. The van der Waals surface area contributed by atoms with E-state index in [9.17, 15) is 18.0 Å². The molecule has 3 rings (SSSR count). The average molecular weight is 420 g/mol. The van der Waals surface area contributed by atoms with Crippen LogP contribution in [0.2, 0.25) is 0 Å². The van der Waals surface area contributed by atoms with Crippen LogP contribution in [0.15, 0.2) is 36.9 Å². The lowest BCUT2D eigenvalue weighted by molar-refractivity contribution is -0.137. The van der Waals surface area contributed by atoms with Gasteiger partial charge in [-0.1, -0.05) is 13.8 Å². The van der Waals surface area contributed by atoms with E-state index in [4.69, 9.17) is 4.74 Å². The molecule has 2 aromatic rings. The molecular formula is C19H24N4O5S. The maximum absolute atomic E-state index is 12.7. The number of nitrogens with zero attached hydrogens (tertiary/aromatic N) is 4. The lowest BCUT2D eigenvalue weighted by Gasteiger charge is -2.29. The van der Waals surface area contributed by atoms with Crippen molar-refractivity contribution in [2.45, 2.75) is 26.3 Å². The maximum Gasteiger partial charge on any atom is 0.338 e. The van der Waals surface area contributed by atoms with Gasteiger partial charge in [-0.25, -0.2) is 22.9 Å². The quantitative estimate of drug-likeness (QED) is 0.617. The van der Waals surface area contributed by atoms with Crippen molar-refractivity contribution in [3.05, 3.63) is 42.5 Å². The highest BCUT2D eigenvalue weighted by molar-refractivity contribution is 7.91. The topological polar surface area (TPSA) is 111 Å². The van der Waals surface area contributed by atoms with Gasteiger partial charge in [-0.15, -0.1) is 0 Å². The van der Waals surface area contributed by atoms with Gasteiger partial charge in [-0.3, -0.25) is 4.79 Å². The molecule has 1 aliphatic rings. The monoisotopic (exact) mass is 420 g/mol. The Morgan fingerprint density at radius 2 is 2.00 bits per heavy atom. The minimum absolute atomic E-state index is 0.0385. The SMILES string of the molecule is CC(C)CN(C(=O)COC(=O)c1ccc(-n2cncn2)cc1)[C@@H]1CCS(=O)(=O)C1. The number of carbonyl (C=O) groups is 2. The molecule has 0 radical (unpaired) electrons. The number of aromatic nitrogens is 3. The molecule has 29 heavy (non-hydrogen) atoms. The van der Waals surface area contributed by atoms with Crippen LogP contribution in [-0.4, -0.2) is 70.7 Å². The van der Waals surface area contributed by atoms with Crippen LogP contribution < -0.4 is 0 Å². The number of hydrogen-bond acceptors (Lipinski definition) is 7. The van der Waals surface area contributed by atoms with Gasteiger partial charge in [0.1, 0.15) is 12.7 Å². The summed E-state index contributed by atoms with van der Waals surface area (Å²) in [4.78, 5) is 30.4. The van der Waals surface area contributed by atoms with Crippen molar-refractivity contribution in [2.75, 3.05) is 24.7 Å². The number of rotatable bonds is 7. The molecule has 2 heterocycles. The zero-order valence-corrected chi connectivity index (χ0v) is 17.2. The average Bonchev–Trinajstić information content (AvgIpc) is 3.33. The number of sulfone groups is 1. The van der Waals surface area contributed by atoms with Gasteiger partial charge >= 0.3 is 5.97 Å². The fourth-order valence-corrected chi connectivity index (χ4v) is 4.99. The second kappa shape index (κ2) is 8.73. The van der Waals surface area contributed by atoms with Crippen LogP contribution in [0.5, 0.6) is 0 Å². The first-order valence-electron chi connectivity index (χ1n) is 9.37. The lowest BCUT2D eigenvalue weighted by Crippen LogP contribution is -2.45. The molecule has 1 atom stereocenters. The van der Waals surface area contributed by atoms with Crippen LogP contribution in [-0.2, 0) is 19.4 Å². The first kappa shape index (κ1) is 21.0. The summed E-state index contributed by atoms with van der Waals surface area (Å²) in [6.07, 6.45) is 3.36. The van der Waals surface area contributed by atoms with Gasteiger partial charge in [0.25, 0.3) is 5.91 Å². The zero-order chi connectivity index (χ0) is 21.0. The van der Waals surface area contributed by atoms with Gasteiger partial charge in [-0.05, 0) is 36.6 Å². The van der Waals surface area contributed by atoms with Gasteiger partial charge in [0, 0.05) is 12.6 Å². The van der Waals surface area contributed by atoms with E-state index in [0.717, 1.165) is 5.69 Å². The molecule has 9 nitrogen and oxygen atoms in total. The van der Waals surface area contributed by atoms with Gasteiger partial charge in [0.05, 0.1) is 22.8 Å². The number of carbonyl (C=O) groups excluding carboxylic acids is 2. The third kappa shape index (κ3) is 5.41. The van der Waals surface area contributed by atoms with E-state index in [0.29, 0.717) is 18.5 Å². The predicted octanol–water partition coefficient (Wildman–Crippen LogP) is 1.10. The number of hydrogen-bond donors (Lipinski definition) is 0. The molecular weight excluding hydrogens is 396 g/mol. The largest absolute Gasteiger partial charge is 0.452 e. The van der Waals surface area contributed by atoms with Crippen molar-refractivity contribution in [3.63, 3.8) is 0 Å². The highest BCUT2D eigenvalue weighted by Crippen LogP contribution is 2.19. The first-order valence-corrected chi connectivity index (χ1v) is 11.2. The fraction of sp³-hybridized carbons (Fsp3) is 0.474. The summed E-state index contributed by atoms with van der Waals surface area (Å²) in [6, 6.07) is 6.19. The number of ether oxygens (including phenoxy) is 1. The Labute approximate surface area is 169 Å². The van der Waals surface area contributed by atoms with Crippen molar-refractivity contribution in [3.8, 4) is 5.69 Å². The molecule has 10 heteroatoms. The Hall–Kier alpha value is -2.75. The van der Waals surface area contributed by atoms with E-state index in [-0.39, 0.29) is 29.4 Å². The third-order valence-corrected chi connectivity index (χ3v) is 6.39. The Kier molecular flexibility index (Phi) is 6.31. The normalized spacial score (nSPS) is 18.0. The van der Waals surface area contributed by atoms with E-state index < -0.39 is 22.4 Å². The summed E-state index contributed by atoms with van der Waals surface area (Å²) in [5.41, 5.74) is 1.04. The van der Waals surface area contributed by atoms with E-state index in [2.05, 4.69) is 10.1 Å². The van der Waals surface area contributed by atoms with Crippen molar-refractivity contribution in [2.24, 2.45) is 5.92 Å². The summed E-state index contributed by atoms with van der Waals surface area (Å²) in [5, 5.41) is 4.01. The smallest absolute Gasteiger partial charge is 0.338 e. The maximum atomic E-state index is 12.7. The minimum atomic E-state index is -3.12. The molecule has 0 aliphatic carbocycles. The lowest BCUT2D eigenvalue weighted by atomic mass is 10.1. The Bertz CT molecular complexity index is 955. The number of benzene rings is 1. The molecule has 1 aromatic heterocycles. The van der Waals surface area contributed by atoms with Crippen molar-refractivity contribution >= 4 is 21.7 Å². The van der Waals surface area contributed by atoms with Crippen LogP contribution in [0.25, 0.3) is 5.69 Å². The second-order valence-electron chi connectivity index (χ2n) is 7.46. The van der Waals surface area contributed by atoms with E-state index in [1.54, 1.807) is 35.3 Å². The minimum Gasteiger partial charge on any atom is -0.452 e. The first-order chi connectivity index (χ1) is 13.7. The van der Waals surface area contributed by atoms with Crippen LogP contribution in [0.4, 0.5) is 0 Å². The molecule has 156 valence electrons. The van der Waals surface area contributed by atoms with Gasteiger partial charge in [0.15, 0.2) is 16.4 Å². The van der Waals surface area contributed by atoms with Crippen LogP contribution >= 0.6 is 0 Å². The molecule has 0 saturated carbocycles. The number of esters is 1. The van der Waals surface area contributed by atoms with Crippen molar-refractivity contribution < 1.29 is 22.7 Å². The molecule has 1 fully saturated rings. The van der Waals surface area contributed by atoms with E-state index >= 15 is 0 Å². The molecule has 1 aromatic carbocycles. The fourth-order valence-electron chi connectivity index (χ4n) is 3.25. The summed E-state index contributed by atoms with van der Waals surface area (Å²) < 4.78 is 30.3. The standard InChI is InChI=1S/C19H24N4O5S/c1-14(2)9-22(17-7-8-29(26,27)11-17)18(24)10-28-19(25)15-3-5-16(6-4-15)23-13-20-12-21-23/h3-6,12-14,17H,7-11H2,1-2H3/t17-/m1/s1. The Balaban J connectivity index is 1.60. The Morgan fingerprint density at radius 3 is 2.55 bits per heavy atom. The predicted molar refractivity (Wildman–Crippen MR) is 105 cm³/mol. The van der Waals surface area contributed by atoms with E-state index in [1.165, 1.54) is 11.2 Å². The molecule has 0 spiro atoms. The highest BCUT2D eigenvalue weighted by atomic mass is 32.2. The highest BCUT2D eigenvalue weighted by Gasteiger charge is 2.35.